The predicted octanol–water partition coefficient (Wildman–Crippen LogP) is 2.04. The first-order valence-corrected chi connectivity index (χ1v) is 4.93. The summed E-state index contributed by atoms with van der Waals surface area (Å²) in [6.07, 6.45) is 0. The number of anilines is 1. The molecule has 1 rings (SSSR count). The van der Waals surface area contributed by atoms with E-state index in [1.54, 1.807) is 20.9 Å². The van der Waals surface area contributed by atoms with Gasteiger partial charge in [0.15, 0.2) is 11.6 Å². The molecule has 0 bridgehead atoms. The van der Waals surface area contributed by atoms with Gasteiger partial charge >= 0.3 is 0 Å². The molecule has 6 heteroatoms. The van der Waals surface area contributed by atoms with E-state index in [-0.39, 0.29) is 0 Å². The highest BCUT2D eigenvalue weighted by molar-refractivity contribution is 5.97. The SMILES string of the molecule is CNC(C)(C)C(=O)Nc1cc(F)cc(F)c1F. The zero-order chi connectivity index (χ0) is 13.2. The molecule has 0 heterocycles. The maximum absolute atomic E-state index is 13.3. The van der Waals surface area contributed by atoms with Crippen LogP contribution in [0.1, 0.15) is 13.8 Å². The minimum Gasteiger partial charge on any atom is -0.322 e. The number of hydrogen-bond donors (Lipinski definition) is 2. The van der Waals surface area contributed by atoms with Crippen molar-refractivity contribution in [2.24, 2.45) is 0 Å². The number of nitrogens with one attached hydrogen (secondary N) is 2. The second-order valence-electron chi connectivity index (χ2n) is 4.08. The normalized spacial score (nSPS) is 11.4. The average Bonchev–Trinajstić information content (AvgIpc) is 2.25. The van der Waals surface area contributed by atoms with Gasteiger partial charge in [-0.15, -0.1) is 0 Å². The molecule has 0 aromatic heterocycles. The van der Waals surface area contributed by atoms with Crippen molar-refractivity contribution in [1.29, 1.82) is 0 Å². The summed E-state index contributed by atoms with van der Waals surface area (Å²) in [4.78, 5) is 11.7. The molecule has 0 fully saturated rings. The number of hydrogen-bond acceptors (Lipinski definition) is 2. The molecule has 0 aliphatic carbocycles. The van der Waals surface area contributed by atoms with Gasteiger partial charge in [0, 0.05) is 12.1 Å². The Bertz CT molecular complexity index is 447. The van der Waals surface area contributed by atoms with Gasteiger partial charge in [-0.05, 0) is 20.9 Å². The van der Waals surface area contributed by atoms with Crippen LogP contribution < -0.4 is 10.6 Å². The third-order valence-corrected chi connectivity index (χ3v) is 2.43. The molecule has 17 heavy (non-hydrogen) atoms. The fourth-order valence-corrected chi connectivity index (χ4v) is 1.04. The minimum atomic E-state index is -1.34. The van der Waals surface area contributed by atoms with E-state index in [0.717, 1.165) is 6.07 Å². The average molecular weight is 246 g/mol. The molecule has 1 amide bonds. The van der Waals surface area contributed by atoms with Crippen molar-refractivity contribution in [2.75, 3.05) is 12.4 Å². The highest BCUT2D eigenvalue weighted by atomic mass is 19.2. The van der Waals surface area contributed by atoms with Crippen LogP contribution in [0, 0.1) is 17.5 Å². The Morgan fingerprint density at radius 2 is 1.82 bits per heavy atom. The van der Waals surface area contributed by atoms with E-state index in [4.69, 9.17) is 0 Å². The molecule has 0 unspecified atom stereocenters. The molecule has 0 spiro atoms. The van der Waals surface area contributed by atoms with Gasteiger partial charge in [-0.2, -0.15) is 0 Å². The number of carbonyl (C=O) groups is 1. The lowest BCUT2D eigenvalue weighted by molar-refractivity contribution is -0.121. The third-order valence-electron chi connectivity index (χ3n) is 2.43. The lowest BCUT2D eigenvalue weighted by Crippen LogP contribution is -2.48. The van der Waals surface area contributed by atoms with Gasteiger partial charge in [-0.1, -0.05) is 0 Å². The minimum absolute atomic E-state index is 0.411. The van der Waals surface area contributed by atoms with Crippen molar-refractivity contribution < 1.29 is 18.0 Å². The number of benzene rings is 1. The molecule has 0 aliphatic heterocycles. The first-order chi connectivity index (χ1) is 7.77. The van der Waals surface area contributed by atoms with E-state index >= 15 is 0 Å². The Morgan fingerprint density at radius 3 is 2.35 bits per heavy atom. The maximum atomic E-state index is 13.3. The molecule has 0 atom stereocenters. The van der Waals surface area contributed by atoms with Crippen molar-refractivity contribution in [1.82, 2.24) is 5.32 Å². The molecular weight excluding hydrogens is 233 g/mol. The van der Waals surface area contributed by atoms with Gasteiger partial charge < -0.3 is 10.6 Å². The summed E-state index contributed by atoms with van der Waals surface area (Å²) in [6, 6.07) is 1.14. The van der Waals surface area contributed by atoms with Crippen molar-refractivity contribution >= 4 is 11.6 Å². The Labute approximate surface area is 97.0 Å². The summed E-state index contributed by atoms with van der Waals surface area (Å²) >= 11 is 0. The zero-order valence-electron chi connectivity index (χ0n) is 9.70. The summed E-state index contributed by atoms with van der Waals surface area (Å²) in [6.45, 7) is 3.10. The van der Waals surface area contributed by atoms with Gasteiger partial charge in [0.05, 0.1) is 11.2 Å². The molecular formula is C11H13F3N2O. The van der Waals surface area contributed by atoms with Crippen LogP contribution in [-0.2, 0) is 4.79 Å². The monoisotopic (exact) mass is 246 g/mol. The van der Waals surface area contributed by atoms with Crippen molar-refractivity contribution in [3.05, 3.63) is 29.6 Å². The summed E-state index contributed by atoms with van der Waals surface area (Å²) < 4.78 is 39.0. The smallest absolute Gasteiger partial charge is 0.244 e. The van der Waals surface area contributed by atoms with E-state index in [9.17, 15) is 18.0 Å². The molecule has 94 valence electrons. The van der Waals surface area contributed by atoms with Crippen LogP contribution in [0.5, 0.6) is 0 Å². The molecule has 1 aromatic rings. The van der Waals surface area contributed by atoms with Crippen LogP contribution in [0.3, 0.4) is 0 Å². The zero-order valence-corrected chi connectivity index (χ0v) is 9.70. The van der Waals surface area contributed by atoms with Gasteiger partial charge in [0.1, 0.15) is 5.82 Å². The Kier molecular flexibility index (Phi) is 3.77. The van der Waals surface area contributed by atoms with Crippen LogP contribution in [0.15, 0.2) is 12.1 Å². The molecule has 0 aliphatic rings. The summed E-state index contributed by atoms with van der Waals surface area (Å²) in [5, 5.41) is 4.81. The van der Waals surface area contributed by atoms with E-state index < -0.39 is 34.6 Å². The summed E-state index contributed by atoms with van der Waals surface area (Å²) in [5.41, 5.74) is -1.49. The predicted molar refractivity (Wildman–Crippen MR) is 58.1 cm³/mol. The van der Waals surface area contributed by atoms with Gasteiger partial charge in [-0.3, -0.25) is 4.79 Å². The standard InChI is InChI=1S/C11H13F3N2O/c1-11(2,15-3)10(17)16-8-5-6(12)4-7(13)9(8)14/h4-5,15H,1-3H3,(H,16,17). The van der Waals surface area contributed by atoms with Crippen LogP contribution >= 0.6 is 0 Å². The molecule has 2 N–H and O–H groups in total. The Morgan fingerprint density at radius 1 is 1.24 bits per heavy atom. The van der Waals surface area contributed by atoms with E-state index in [2.05, 4.69) is 10.6 Å². The number of likely N-dealkylation sites (N-methyl/N-ethyl adjacent to an activating group) is 1. The maximum Gasteiger partial charge on any atom is 0.244 e. The van der Waals surface area contributed by atoms with Crippen molar-refractivity contribution in [2.45, 2.75) is 19.4 Å². The van der Waals surface area contributed by atoms with E-state index in [1.807, 2.05) is 0 Å². The lowest BCUT2D eigenvalue weighted by atomic mass is 10.1. The fraction of sp³-hybridized carbons (Fsp3) is 0.364. The van der Waals surface area contributed by atoms with E-state index in [0.29, 0.717) is 6.07 Å². The van der Waals surface area contributed by atoms with Crippen LogP contribution in [0.4, 0.5) is 18.9 Å². The lowest BCUT2D eigenvalue weighted by Gasteiger charge is -2.22. The van der Waals surface area contributed by atoms with Crippen LogP contribution in [-0.4, -0.2) is 18.5 Å². The third kappa shape index (κ3) is 2.97. The van der Waals surface area contributed by atoms with Gasteiger partial charge in [0.2, 0.25) is 5.91 Å². The van der Waals surface area contributed by atoms with Crippen LogP contribution in [0.2, 0.25) is 0 Å². The number of carbonyl (C=O) groups excluding carboxylic acids is 1. The molecule has 0 radical (unpaired) electrons. The molecule has 0 saturated heterocycles. The molecule has 1 aromatic carbocycles. The molecule has 3 nitrogen and oxygen atoms in total. The van der Waals surface area contributed by atoms with Crippen molar-refractivity contribution in [3.63, 3.8) is 0 Å². The van der Waals surface area contributed by atoms with E-state index in [1.165, 1.54) is 0 Å². The first kappa shape index (κ1) is 13.5. The van der Waals surface area contributed by atoms with Crippen LogP contribution in [0.25, 0.3) is 0 Å². The Balaban J connectivity index is 3.00. The second kappa shape index (κ2) is 4.75. The largest absolute Gasteiger partial charge is 0.322 e. The quantitative estimate of drug-likeness (QED) is 0.801. The Hall–Kier alpha value is -1.56. The van der Waals surface area contributed by atoms with Gasteiger partial charge in [-0.25, -0.2) is 13.2 Å². The second-order valence-corrected chi connectivity index (χ2v) is 4.08. The van der Waals surface area contributed by atoms with Crippen molar-refractivity contribution in [3.8, 4) is 0 Å². The number of halogens is 3. The fourth-order valence-electron chi connectivity index (χ4n) is 1.04. The summed E-state index contributed by atoms with van der Waals surface area (Å²) in [5.74, 6) is -4.18. The topological polar surface area (TPSA) is 41.1 Å². The first-order valence-electron chi connectivity index (χ1n) is 4.93. The number of rotatable bonds is 3. The molecule has 0 saturated carbocycles. The highest BCUT2D eigenvalue weighted by Crippen LogP contribution is 2.20. The highest BCUT2D eigenvalue weighted by Gasteiger charge is 2.26. The summed E-state index contributed by atoms with van der Waals surface area (Å²) in [7, 11) is 1.54. The number of amides is 1. The van der Waals surface area contributed by atoms with Gasteiger partial charge in [0.25, 0.3) is 0 Å².